The molecule has 156 valence electrons. The number of aryl methyl sites for hydroxylation is 2. The van der Waals surface area contributed by atoms with Crippen molar-refractivity contribution >= 4 is 17.5 Å². The number of benzene rings is 2. The molecule has 1 N–H and O–H groups in total. The van der Waals surface area contributed by atoms with Crippen molar-refractivity contribution < 1.29 is 4.79 Å². The Hall–Kier alpha value is -3.38. The second-order valence-electron chi connectivity index (χ2n) is 7.83. The summed E-state index contributed by atoms with van der Waals surface area (Å²) < 4.78 is 2.02. The van der Waals surface area contributed by atoms with E-state index >= 15 is 0 Å². The number of aromatic amines is 1. The summed E-state index contributed by atoms with van der Waals surface area (Å²) >= 11 is 6.14. The molecule has 1 aliphatic rings. The molecule has 0 saturated heterocycles. The first-order chi connectivity index (χ1) is 15.1. The monoisotopic (exact) mass is 431 g/mol. The van der Waals surface area contributed by atoms with Crippen LogP contribution in [0, 0.1) is 6.92 Å². The van der Waals surface area contributed by atoms with Gasteiger partial charge >= 0.3 is 0 Å². The molecule has 1 unspecified atom stereocenters. The number of hydrogen-bond donors (Lipinski definition) is 1. The van der Waals surface area contributed by atoms with Gasteiger partial charge in [0.2, 0.25) is 0 Å². The lowest BCUT2D eigenvalue weighted by molar-refractivity contribution is 0.0739. The van der Waals surface area contributed by atoms with Crippen LogP contribution in [0.1, 0.15) is 39.6 Å². The molecule has 0 spiro atoms. The quantitative estimate of drug-likeness (QED) is 0.473. The molecule has 3 heterocycles. The Labute approximate surface area is 185 Å². The minimum absolute atomic E-state index is 0.0218. The zero-order valence-electron chi connectivity index (χ0n) is 17.1. The van der Waals surface area contributed by atoms with Crippen molar-refractivity contribution in [1.82, 2.24) is 24.6 Å². The van der Waals surface area contributed by atoms with Crippen LogP contribution in [-0.2, 0) is 6.54 Å². The maximum atomic E-state index is 13.3. The molecule has 1 amide bonds. The molecule has 31 heavy (non-hydrogen) atoms. The summed E-state index contributed by atoms with van der Waals surface area (Å²) in [5.74, 6) is -0.0218. The van der Waals surface area contributed by atoms with E-state index in [1.807, 2.05) is 39.9 Å². The van der Waals surface area contributed by atoms with E-state index in [4.69, 9.17) is 11.6 Å². The molecular weight excluding hydrogens is 410 g/mol. The molecule has 1 aliphatic heterocycles. The van der Waals surface area contributed by atoms with Crippen LogP contribution in [0.15, 0.2) is 67.3 Å². The molecule has 0 saturated carbocycles. The van der Waals surface area contributed by atoms with Crippen LogP contribution in [0.5, 0.6) is 0 Å². The number of carbonyl (C=O) groups excluding carboxylic acids is 1. The van der Waals surface area contributed by atoms with Gasteiger partial charge in [-0.2, -0.15) is 5.10 Å². The summed E-state index contributed by atoms with van der Waals surface area (Å²) in [6.07, 6.45) is 6.32. The van der Waals surface area contributed by atoms with Crippen LogP contribution in [0.25, 0.3) is 11.3 Å². The van der Waals surface area contributed by atoms with Crippen molar-refractivity contribution in [3.63, 3.8) is 0 Å². The number of carbonyl (C=O) groups is 1. The van der Waals surface area contributed by atoms with Crippen LogP contribution in [0.2, 0.25) is 5.02 Å². The molecule has 7 heteroatoms. The fourth-order valence-electron chi connectivity index (χ4n) is 4.19. The molecule has 6 nitrogen and oxygen atoms in total. The van der Waals surface area contributed by atoms with Gasteiger partial charge in [-0.15, -0.1) is 0 Å². The summed E-state index contributed by atoms with van der Waals surface area (Å²) in [4.78, 5) is 19.4. The second kappa shape index (κ2) is 8.04. The predicted molar refractivity (Wildman–Crippen MR) is 120 cm³/mol. The smallest absolute Gasteiger partial charge is 0.273 e. The van der Waals surface area contributed by atoms with Gasteiger partial charge in [-0.1, -0.05) is 53.6 Å². The molecule has 2 aromatic heterocycles. The molecule has 2 aromatic carbocycles. The second-order valence-corrected chi connectivity index (χ2v) is 8.27. The van der Waals surface area contributed by atoms with Crippen LogP contribution >= 0.6 is 11.6 Å². The minimum Gasteiger partial charge on any atom is -0.337 e. The Bertz CT molecular complexity index is 1200. The van der Waals surface area contributed by atoms with E-state index in [2.05, 4.69) is 46.4 Å². The number of halogens is 1. The average Bonchev–Trinajstić information content (AvgIpc) is 3.49. The number of H-pyrrole nitrogens is 1. The van der Waals surface area contributed by atoms with E-state index in [9.17, 15) is 4.79 Å². The Balaban J connectivity index is 1.52. The van der Waals surface area contributed by atoms with Crippen LogP contribution in [0.3, 0.4) is 0 Å². The molecule has 0 aliphatic carbocycles. The van der Waals surface area contributed by atoms with Crippen molar-refractivity contribution in [1.29, 1.82) is 0 Å². The van der Waals surface area contributed by atoms with Crippen molar-refractivity contribution in [3.8, 4) is 11.3 Å². The molecule has 4 aromatic rings. The van der Waals surface area contributed by atoms with E-state index in [0.717, 1.165) is 35.3 Å². The van der Waals surface area contributed by atoms with Crippen LogP contribution in [0.4, 0.5) is 0 Å². The lowest BCUT2D eigenvalue weighted by Gasteiger charge is -2.26. The van der Waals surface area contributed by atoms with Gasteiger partial charge < -0.3 is 9.47 Å². The van der Waals surface area contributed by atoms with Gasteiger partial charge in [-0.3, -0.25) is 9.89 Å². The van der Waals surface area contributed by atoms with Crippen LogP contribution < -0.4 is 0 Å². The van der Waals surface area contributed by atoms with Gasteiger partial charge in [0.25, 0.3) is 5.91 Å². The first-order valence-corrected chi connectivity index (χ1v) is 10.7. The third-order valence-corrected chi connectivity index (χ3v) is 6.00. The number of fused-ring (bicyclic) bond motifs is 1. The first kappa shape index (κ1) is 19.6. The fraction of sp³-hybridized carbons (Fsp3) is 0.208. The number of nitrogens with one attached hydrogen (secondary N) is 1. The Morgan fingerprint density at radius 2 is 1.84 bits per heavy atom. The van der Waals surface area contributed by atoms with Crippen molar-refractivity contribution in [2.75, 3.05) is 6.54 Å². The summed E-state index contributed by atoms with van der Waals surface area (Å²) in [7, 11) is 0. The Morgan fingerprint density at radius 1 is 1.06 bits per heavy atom. The van der Waals surface area contributed by atoms with E-state index in [0.29, 0.717) is 17.3 Å². The van der Waals surface area contributed by atoms with Gasteiger partial charge in [0.05, 0.1) is 18.1 Å². The van der Waals surface area contributed by atoms with E-state index in [1.165, 1.54) is 5.56 Å². The SMILES string of the molecule is Cc1ccc(-c2n[nH]c3c2C(c2ccc(Cl)cc2)N(CCCn2ccnc2)C3=O)cc1. The number of hydrogen-bond acceptors (Lipinski definition) is 3. The van der Waals surface area contributed by atoms with Gasteiger partial charge in [0, 0.05) is 41.6 Å². The average molecular weight is 432 g/mol. The van der Waals surface area contributed by atoms with Crippen LogP contribution in [-0.4, -0.2) is 37.1 Å². The normalized spacial score (nSPS) is 15.5. The molecule has 0 fully saturated rings. The van der Waals surface area contributed by atoms with Gasteiger partial charge in [-0.25, -0.2) is 4.98 Å². The molecule has 5 rings (SSSR count). The highest BCUT2D eigenvalue weighted by Gasteiger charge is 2.41. The third kappa shape index (κ3) is 3.64. The standard InChI is InChI=1S/C24H22ClN5O/c1-16-3-5-17(6-4-16)21-20-22(28-27-21)24(31)30(13-2-12-29-14-11-26-15-29)23(20)18-7-9-19(25)10-8-18/h3-11,14-15,23H,2,12-13H2,1H3,(H,27,28). The number of rotatable bonds is 6. The van der Waals surface area contributed by atoms with Crippen molar-refractivity contribution in [2.24, 2.45) is 0 Å². The molecule has 0 radical (unpaired) electrons. The number of aromatic nitrogens is 4. The molecule has 1 atom stereocenters. The summed E-state index contributed by atoms with van der Waals surface area (Å²) in [5, 5.41) is 8.21. The minimum atomic E-state index is -0.211. The zero-order chi connectivity index (χ0) is 21.4. The topological polar surface area (TPSA) is 66.8 Å². The Morgan fingerprint density at radius 3 is 2.55 bits per heavy atom. The summed E-state index contributed by atoms with van der Waals surface area (Å²) in [5.41, 5.74) is 5.52. The molecule has 0 bridgehead atoms. The van der Waals surface area contributed by atoms with E-state index in [-0.39, 0.29) is 11.9 Å². The Kier molecular flexibility index (Phi) is 5.08. The first-order valence-electron chi connectivity index (χ1n) is 10.3. The molecular formula is C24H22ClN5O. The van der Waals surface area contributed by atoms with Gasteiger partial charge in [0.15, 0.2) is 0 Å². The van der Waals surface area contributed by atoms with Gasteiger partial charge in [-0.05, 0) is 31.0 Å². The third-order valence-electron chi connectivity index (χ3n) is 5.75. The highest BCUT2D eigenvalue weighted by molar-refractivity contribution is 6.30. The highest BCUT2D eigenvalue weighted by atomic mass is 35.5. The fourth-order valence-corrected chi connectivity index (χ4v) is 4.32. The van der Waals surface area contributed by atoms with Crippen molar-refractivity contribution in [2.45, 2.75) is 25.9 Å². The lowest BCUT2D eigenvalue weighted by Crippen LogP contribution is -2.31. The number of nitrogens with zero attached hydrogens (tertiary/aromatic N) is 4. The van der Waals surface area contributed by atoms with Crippen molar-refractivity contribution in [3.05, 3.63) is 94.7 Å². The predicted octanol–water partition coefficient (Wildman–Crippen LogP) is 4.87. The summed E-state index contributed by atoms with van der Waals surface area (Å²) in [6.45, 7) is 3.48. The lowest BCUT2D eigenvalue weighted by atomic mass is 9.96. The zero-order valence-corrected chi connectivity index (χ0v) is 17.9. The maximum Gasteiger partial charge on any atom is 0.273 e. The van der Waals surface area contributed by atoms with E-state index in [1.54, 1.807) is 12.5 Å². The number of imidazole rings is 1. The summed E-state index contributed by atoms with van der Waals surface area (Å²) in [6, 6.07) is 15.7. The van der Waals surface area contributed by atoms with Gasteiger partial charge in [0.1, 0.15) is 5.69 Å². The number of amides is 1. The largest absolute Gasteiger partial charge is 0.337 e. The van der Waals surface area contributed by atoms with E-state index < -0.39 is 0 Å². The maximum absolute atomic E-state index is 13.3. The highest BCUT2D eigenvalue weighted by Crippen LogP contribution is 2.43.